The molecule has 0 bridgehead atoms. The van der Waals surface area contributed by atoms with Crippen molar-refractivity contribution in [2.75, 3.05) is 5.43 Å². The molecule has 0 saturated heterocycles. The molecule has 2 N–H and O–H groups in total. The van der Waals surface area contributed by atoms with Crippen LogP contribution in [-0.2, 0) is 0 Å². The Labute approximate surface area is 264 Å². The third-order valence-electron chi connectivity index (χ3n) is 7.95. The molecule has 0 aliphatic rings. The quantitative estimate of drug-likeness (QED) is 0.153. The fourth-order valence-electron chi connectivity index (χ4n) is 5.74. The van der Waals surface area contributed by atoms with E-state index in [-0.39, 0.29) is 5.84 Å². The fourth-order valence-corrected chi connectivity index (χ4v) is 6.85. The maximum Gasteiger partial charge on any atom is 0.154 e. The van der Waals surface area contributed by atoms with Crippen LogP contribution in [0.4, 0.5) is 0 Å². The first-order valence-corrected chi connectivity index (χ1v) is 15.6. The number of hydrogen-bond donors (Lipinski definition) is 2. The van der Waals surface area contributed by atoms with E-state index < -0.39 is 0 Å². The van der Waals surface area contributed by atoms with Crippen molar-refractivity contribution >= 4 is 55.0 Å². The summed E-state index contributed by atoms with van der Waals surface area (Å²) in [4.78, 5) is 9.91. The van der Waals surface area contributed by atoms with Gasteiger partial charge in [-0.15, -0.1) is 11.3 Å². The molecule has 0 aliphatic heterocycles. The lowest BCUT2D eigenvalue weighted by molar-refractivity contribution is 1.08. The van der Waals surface area contributed by atoms with Crippen molar-refractivity contribution in [3.8, 4) is 21.7 Å². The molecular weight excluding hydrogens is 571 g/mol. The topological polar surface area (TPSA) is 66.1 Å². The van der Waals surface area contributed by atoms with E-state index in [1.165, 1.54) is 5.56 Å². The molecule has 214 valence electrons. The minimum absolute atomic E-state index is 0.184. The largest absolute Gasteiger partial charge is 0.282 e. The minimum atomic E-state index is 0.184. The number of benzene rings is 6. The standard InChI is InChI=1S/C39H27N5S/c40-37(27-15-7-2-8-16-27)42-38(28-17-9-3-10-18-28)43-44-34-24-21-30(26-13-5-1-6-14-26)25-32(34)31-22-23-33-36(35(31)44)45-39(41-33)29-19-11-4-12-20-29/h1-25H,(H2,40,42,43). The van der Waals surface area contributed by atoms with Crippen molar-refractivity contribution in [2.45, 2.75) is 0 Å². The molecule has 5 nitrogen and oxygen atoms in total. The summed E-state index contributed by atoms with van der Waals surface area (Å²) in [7, 11) is 0. The van der Waals surface area contributed by atoms with Crippen molar-refractivity contribution < 1.29 is 0 Å². The molecule has 0 atom stereocenters. The highest BCUT2D eigenvalue weighted by Gasteiger charge is 2.19. The van der Waals surface area contributed by atoms with E-state index in [4.69, 9.17) is 15.4 Å². The predicted octanol–water partition coefficient (Wildman–Crippen LogP) is 9.75. The van der Waals surface area contributed by atoms with Crippen LogP contribution in [-0.4, -0.2) is 21.3 Å². The summed E-state index contributed by atoms with van der Waals surface area (Å²) in [6.45, 7) is 0. The van der Waals surface area contributed by atoms with Gasteiger partial charge in [-0.1, -0.05) is 127 Å². The number of aromatic nitrogens is 2. The van der Waals surface area contributed by atoms with Crippen LogP contribution in [0.1, 0.15) is 11.1 Å². The molecule has 45 heavy (non-hydrogen) atoms. The number of hydrogen-bond acceptors (Lipinski definition) is 3. The summed E-state index contributed by atoms with van der Waals surface area (Å²) >= 11 is 1.69. The average Bonchev–Trinajstić information content (AvgIpc) is 3.69. The van der Waals surface area contributed by atoms with E-state index in [0.29, 0.717) is 5.84 Å². The van der Waals surface area contributed by atoms with Gasteiger partial charge in [0.2, 0.25) is 0 Å². The summed E-state index contributed by atoms with van der Waals surface area (Å²) in [6.07, 6.45) is 0. The van der Waals surface area contributed by atoms with Gasteiger partial charge in [0.25, 0.3) is 0 Å². The smallest absolute Gasteiger partial charge is 0.154 e. The second-order valence-electron chi connectivity index (χ2n) is 10.8. The van der Waals surface area contributed by atoms with E-state index in [1.807, 2.05) is 84.9 Å². The fraction of sp³-hybridized carbons (Fsp3) is 0. The Bertz CT molecular complexity index is 2300. The van der Waals surface area contributed by atoms with Crippen molar-refractivity contribution in [1.29, 1.82) is 5.41 Å². The van der Waals surface area contributed by atoms with Crippen LogP contribution < -0.4 is 5.43 Å². The second-order valence-corrected chi connectivity index (χ2v) is 11.8. The molecule has 0 unspecified atom stereocenters. The maximum atomic E-state index is 8.87. The number of nitrogens with zero attached hydrogens (tertiary/aromatic N) is 3. The zero-order chi connectivity index (χ0) is 30.2. The van der Waals surface area contributed by atoms with Gasteiger partial charge in [-0.05, 0) is 35.4 Å². The lowest BCUT2D eigenvalue weighted by Gasteiger charge is -2.15. The molecule has 0 saturated carbocycles. The number of thiazole rings is 1. The highest BCUT2D eigenvalue weighted by atomic mass is 32.1. The van der Waals surface area contributed by atoms with Crippen LogP contribution in [0.2, 0.25) is 0 Å². The maximum absolute atomic E-state index is 8.87. The Morgan fingerprint density at radius 1 is 0.622 bits per heavy atom. The number of amidine groups is 2. The second kappa shape index (κ2) is 11.3. The van der Waals surface area contributed by atoms with Crippen molar-refractivity contribution in [3.63, 3.8) is 0 Å². The Morgan fingerprint density at radius 2 is 1.24 bits per heavy atom. The highest BCUT2D eigenvalue weighted by Crippen LogP contribution is 2.40. The molecule has 8 rings (SSSR count). The zero-order valence-electron chi connectivity index (χ0n) is 24.2. The summed E-state index contributed by atoms with van der Waals surface area (Å²) < 4.78 is 3.21. The van der Waals surface area contributed by atoms with Crippen LogP contribution >= 0.6 is 11.3 Å². The molecule has 0 amide bonds. The molecule has 0 spiro atoms. The minimum Gasteiger partial charge on any atom is -0.282 e. The van der Waals surface area contributed by atoms with Crippen LogP contribution in [0.5, 0.6) is 0 Å². The third kappa shape index (κ3) is 4.97. The summed E-state index contributed by atoms with van der Waals surface area (Å²) in [5, 5.41) is 12.1. The van der Waals surface area contributed by atoms with Gasteiger partial charge in [-0.3, -0.25) is 15.5 Å². The van der Waals surface area contributed by atoms with E-state index >= 15 is 0 Å². The summed E-state index contributed by atoms with van der Waals surface area (Å²) in [5.74, 6) is 0.767. The summed E-state index contributed by atoms with van der Waals surface area (Å²) in [5.41, 5.74) is 11.7. The van der Waals surface area contributed by atoms with Crippen molar-refractivity contribution in [2.24, 2.45) is 4.99 Å². The number of fused-ring (bicyclic) bond motifs is 5. The van der Waals surface area contributed by atoms with Crippen LogP contribution in [0.15, 0.2) is 157 Å². The van der Waals surface area contributed by atoms with E-state index in [1.54, 1.807) is 11.3 Å². The van der Waals surface area contributed by atoms with Crippen LogP contribution in [0, 0.1) is 5.41 Å². The Balaban J connectivity index is 1.38. The van der Waals surface area contributed by atoms with Gasteiger partial charge in [0.1, 0.15) is 5.01 Å². The first-order valence-electron chi connectivity index (χ1n) is 14.8. The van der Waals surface area contributed by atoms with Gasteiger partial charge in [-0.25, -0.2) is 9.98 Å². The number of aliphatic imine (C=N–C) groups is 1. The first kappa shape index (κ1) is 26.8. The lowest BCUT2D eigenvalue weighted by atomic mass is 10.0. The summed E-state index contributed by atoms with van der Waals surface area (Å²) in [6, 6.07) is 51.3. The van der Waals surface area contributed by atoms with E-state index in [0.717, 1.165) is 59.3 Å². The third-order valence-corrected chi connectivity index (χ3v) is 9.07. The average molecular weight is 598 g/mol. The van der Waals surface area contributed by atoms with E-state index in [9.17, 15) is 0 Å². The van der Waals surface area contributed by atoms with Crippen LogP contribution in [0.25, 0.3) is 53.7 Å². The monoisotopic (exact) mass is 597 g/mol. The Hall–Kier alpha value is -5.85. The molecule has 2 aromatic heterocycles. The van der Waals surface area contributed by atoms with Gasteiger partial charge in [0, 0.05) is 27.5 Å². The zero-order valence-corrected chi connectivity index (χ0v) is 25.0. The van der Waals surface area contributed by atoms with Gasteiger partial charge in [0.05, 0.1) is 21.3 Å². The highest BCUT2D eigenvalue weighted by molar-refractivity contribution is 7.22. The Kier molecular flexibility index (Phi) is 6.74. The predicted molar refractivity (Wildman–Crippen MR) is 189 cm³/mol. The molecule has 0 fully saturated rings. The van der Waals surface area contributed by atoms with Crippen molar-refractivity contribution in [1.82, 2.24) is 9.66 Å². The van der Waals surface area contributed by atoms with Crippen LogP contribution in [0.3, 0.4) is 0 Å². The lowest BCUT2D eigenvalue weighted by Crippen LogP contribution is -2.25. The Morgan fingerprint density at radius 3 is 1.93 bits per heavy atom. The number of nitrogens with one attached hydrogen (secondary N) is 2. The molecule has 8 aromatic rings. The molecule has 6 aromatic carbocycles. The van der Waals surface area contributed by atoms with Gasteiger partial charge >= 0.3 is 0 Å². The normalized spacial score (nSPS) is 11.8. The number of rotatable bonds is 5. The molecule has 6 heteroatoms. The van der Waals surface area contributed by atoms with Crippen molar-refractivity contribution in [3.05, 3.63) is 163 Å². The molecule has 0 radical (unpaired) electrons. The molecular formula is C39H27N5S. The van der Waals surface area contributed by atoms with Gasteiger partial charge in [-0.2, -0.15) is 0 Å². The van der Waals surface area contributed by atoms with Gasteiger partial charge < -0.3 is 0 Å². The SMILES string of the molecule is N=C(N=C(Nn1c2ccc(-c3ccccc3)cc2c2ccc3nc(-c4ccccc4)sc3c21)c1ccccc1)c1ccccc1. The van der Waals surface area contributed by atoms with E-state index in [2.05, 4.69) is 76.8 Å². The molecule has 0 aliphatic carbocycles. The molecule has 2 heterocycles. The first-order chi connectivity index (χ1) is 22.2. The van der Waals surface area contributed by atoms with Gasteiger partial charge in [0.15, 0.2) is 11.7 Å².